The maximum absolute atomic E-state index is 12.1. The van der Waals surface area contributed by atoms with Gasteiger partial charge in [0, 0.05) is 17.6 Å². The third-order valence-corrected chi connectivity index (χ3v) is 5.16. The van der Waals surface area contributed by atoms with Crippen molar-refractivity contribution in [3.8, 4) is 0 Å². The molecule has 24 heavy (non-hydrogen) atoms. The van der Waals surface area contributed by atoms with E-state index in [1.54, 1.807) is 0 Å². The Morgan fingerprint density at radius 2 is 1.83 bits per heavy atom. The Balaban J connectivity index is 1.98. The van der Waals surface area contributed by atoms with Crippen molar-refractivity contribution in [2.24, 2.45) is 11.7 Å². The van der Waals surface area contributed by atoms with E-state index in [1.165, 1.54) is 16.9 Å². The lowest BCUT2D eigenvalue weighted by molar-refractivity contribution is -0.121. The molecule has 4 N–H and O–H groups in total. The van der Waals surface area contributed by atoms with Crippen molar-refractivity contribution in [2.45, 2.75) is 36.4 Å². The van der Waals surface area contributed by atoms with Crippen LogP contribution >= 0.6 is 0 Å². The maximum atomic E-state index is 12.1. The lowest BCUT2D eigenvalue weighted by atomic mass is 10.1. The third-order valence-electron chi connectivity index (χ3n) is 3.74. The van der Waals surface area contributed by atoms with Gasteiger partial charge in [-0.2, -0.15) is 13.2 Å². The molecule has 0 saturated heterocycles. The fourth-order valence-electron chi connectivity index (χ4n) is 2.48. The van der Waals surface area contributed by atoms with E-state index < -0.39 is 22.7 Å². The summed E-state index contributed by atoms with van der Waals surface area (Å²) in [6.45, 7) is -1.64. The van der Waals surface area contributed by atoms with Crippen LogP contribution in [0, 0.1) is 5.92 Å². The highest BCUT2D eigenvalue weighted by Gasteiger charge is 2.30. The van der Waals surface area contributed by atoms with Crippen molar-refractivity contribution in [3.63, 3.8) is 0 Å². The zero-order valence-electron chi connectivity index (χ0n) is 12.6. The minimum absolute atomic E-state index is 0.00739. The maximum Gasteiger partial charge on any atom is 0.402 e. The fraction of sp³-hybridized carbons (Fsp3) is 0.500. The van der Waals surface area contributed by atoms with Gasteiger partial charge in [-0.1, -0.05) is 0 Å². The van der Waals surface area contributed by atoms with E-state index in [9.17, 15) is 26.4 Å². The van der Waals surface area contributed by atoms with E-state index in [0.717, 1.165) is 18.6 Å². The summed E-state index contributed by atoms with van der Waals surface area (Å²) in [7, 11) is -4.26. The SMILES string of the molecule is NC1CCC(C(=O)Nc2ccc(S(=O)(=O)NCC(F)(F)F)cc2)C1. The highest BCUT2D eigenvalue weighted by atomic mass is 32.2. The average Bonchev–Trinajstić information content (AvgIpc) is 2.92. The van der Waals surface area contributed by atoms with Crippen molar-refractivity contribution in [1.29, 1.82) is 0 Å². The Morgan fingerprint density at radius 1 is 1.21 bits per heavy atom. The molecule has 1 amide bonds. The van der Waals surface area contributed by atoms with Gasteiger partial charge in [0.15, 0.2) is 0 Å². The molecule has 1 aliphatic rings. The topological polar surface area (TPSA) is 101 Å². The standard InChI is InChI=1S/C14H18F3N3O3S/c15-14(16,17)8-19-24(22,23)12-5-3-11(4-6-12)20-13(21)9-1-2-10(18)7-9/h3-6,9-10,19H,1-2,7-8,18H2,(H,20,21). The van der Waals surface area contributed by atoms with Gasteiger partial charge in [-0.3, -0.25) is 4.79 Å². The molecule has 1 saturated carbocycles. The van der Waals surface area contributed by atoms with Gasteiger partial charge in [0.2, 0.25) is 15.9 Å². The number of benzene rings is 1. The molecule has 0 heterocycles. The van der Waals surface area contributed by atoms with Crippen LogP contribution < -0.4 is 15.8 Å². The molecule has 0 radical (unpaired) electrons. The number of carbonyl (C=O) groups excluding carboxylic acids is 1. The number of sulfonamides is 1. The van der Waals surface area contributed by atoms with Crippen LogP contribution in [0.5, 0.6) is 0 Å². The van der Waals surface area contributed by atoms with E-state index >= 15 is 0 Å². The summed E-state index contributed by atoms with van der Waals surface area (Å²) in [6, 6.07) is 4.93. The van der Waals surface area contributed by atoms with Crippen molar-refractivity contribution >= 4 is 21.6 Å². The smallest absolute Gasteiger partial charge is 0.328 e. The normalized spacial score (nSPS) is 21.7. The summed E-state index contributed by atoms with van der Waals surface area (Å²) in [6.07, 6.45) is -2.57. The van der Waals surface area contributed by atoms with Crippen molar-refractivity contribution in [3.05, 3.63) is 24.3 Å². The second-order valence-corrected chi connectivity index (χ2v) is 7.49. The molecule has 6 nitrogen and oxygen atoms in total. The number of hydrogen-bond acceptors (Lipinski definition) is 4. The number of alkyl halides is 3. The molecule has 1 aliphatic carbocycles. The summed E-state index contributed by atoms with van der Waals surface area (Å²) < 4.78 is 61.3. The first-order chi connectivity index (χ1) is 11.1. The quantitative estimate of drug-likeness (QED) is 0.738. The van der Waals surface area contributed by atoms with Crippen molar-refractivity contribution in [2.75, 3.05) is 11.9 Å². The molecule has 0 bridgehead atoms. The molecule has 0 aromatic heterocycles. The summed E-state index contributed by atoms with van der Waals surface area (Å²) in [5, 5.41) is 2.65. The van der Waals surface area contributed by atoms with Gasteiger partial charge in [0.1, 0.15) is 6.54 Å². The Hall–Kier alpha value is -1.65. The molecule has 2 atom stereocenters. The van der Waals surface area contributed by atoms with Crippen LogP contribution in [0.2, 0.25) is 0 Å². The number of nitrogens with two attached hydrogens (primary N) is 1. The summed E-state index contributed by atoms with van der Waals surface area (Å²) in [4.78, 5) is 11.7. The largest absolute Gasteiger partial charge is 0.402 e. The second-order valence-electron chi connectivity index (χ2n) is 5.72. The minimum atomic E-state index is -4.64. The van der Waals surface area contributed by atoms with Gasteiger partial charge in [-0.05, 0) is 43.5 Å². The molecule has 10 heteroatoms. The van der Waals surface area contributed by atoms with Crippen LogP contribution in [0.3, 0.4) is 0 Å². The van der Waals surface area contributed by atoms with E-state index in [1.807, 2.05) is 0 Å². The van der Waals surface area contributed by atoms with Gasteiger partial charge >= 0.3 is 6.18 Å². The predicted octanol–water partition coefficient (Wildman–Crippen LogP) is 1.59. The number of hydrogen-bond donors (Lipinski definition) is 3. The lowest BCUT2D eigenvalue weighted by Gasteiger charge is -2.12. The van der Waals surface area contributed by atoms with Crippen molar-refractivity contribution in [1.82, 2.24) is 4.72 Å². The monoisotopic (exact) mass is 365 g/mol. The summed E-state index contributed by atoms with van der Waals surface area (Å²) in [5.74, 6) is -0.384. The second kappa shape index (κ2) is 7.08. The first-order valence-electron chi connectivity index (χ1n) is 7.30. The Morgan fingerprint density at radius 3 is 2.33 bits per heavy atom. The van der Waals surface area contributed by atoms with Crippen LogP contribution in [-0.4, -0.2) is 33.1 Å². The van der Waals surface area contributed by atoms with E-state index in [0.29, 0.717) is 18.5 Å². The number of amides is 1. The number of anilines is 1. The summed E-state index contributed by atoms with van der Waals surface area (Å²) in [5.41, 5.74) is 6.12. The third kappa shape index (κ3) is 5.18. The predicted molar refractivity (Wildman–Crippen MR) is 81.6 cm³/mol. The molecule has 1 aromatic carbocycles. The Labute approximate surface area is 137 Å². The van der Waals surface area contributed by atoms with Gasteiger partial charge in [-0.25, -0.2) is 13.1 Å². The van der Waals surface area contributed by atoms with Crippen LogP contribution in [0.4, 0.5) is 18.9 Å². The molecule has 1 fully saturated rings. The fourth-order valence-corrected chi connectivity index (χ4v) is 3.49. The van der Waals surface area contributed by atoms with Gasteiger partial charge < -0.3 is 11.1 Å². The number of rotatable bonds is 5. The molecule has 0 aliphatic heterocycles. The molecule has 2 rings (SSSR count). The summed E-state index contributed by atoms with van der Waals surface area (Å²) >= 11 is 0. The number of carbonyl (C=O) groups is 1. The van der Waals surface area contributed by atoms with Gasteiger partial charge in [0.05, 0.1) is 4.90 Å². The average molecular weight is 365 g/mol. The first-order valence-corrected chi connectivity index (χ1v) is 8.78. The van der Waals surface area contributed by atoms with E-state index in [4.69, 9.17) is 5.73 Å². The number of halogens is 3. The van der Waals surface area contributed by atoms with E-state index in [-0.39, 0.29) is 22.8 Å². The Bertz CT molecular complexity index is 689. The minimum Gasteiger partial charge on any atom is -0.328 e. The molecule has 0 spiro atoms. The van der Waals surface area contributed by atoms with Crippen LogP contribution in [0.1, 0.15) is 19.3 Å². The first kappa shape index (κ1) is 18.7. The molecule has 2 unspecified atom stereocenters. The van der Waals surface area contributed by atoms with Crippen LogP contribution in [0.25, 0.3) is 0 Å². The molecular weight excluding hydrogens is 347 g/mol. The highest BCUT2D eigenvalue weighted by molar-refractivity contribution is 7.89. The molecule has 134 valence electrons. The zero-order chi connectivity index (χ0) is 18.0. The number of nitrogens with one attached hydrogen (secondary N) is 2. The van der Waals surface area contributed by atoms with Crippen LogP contribution in [-0.2, 0) is 14.8 Å². The van der Waals surface area contributed by atoms with Crippen LogP contribution in [0.15, 0.2) is 29.2 Å². The van der Waals surface area contributed by atoms with Gasteiger partial charge in [-0.15, -0.1) is 0 Å². The Kier molecular flexibility index (Phi) is 5.51. The molecular formula is C14H18F3N3O3S. The molecule has 1 aromatic rings. The highest BCUT2D eigenvalue weighted by Crippen LogP contribution is 2.25. The van der Waals surface area contributed by atoms with E-state index in [2.05, 4.69) is 5.32 Å². The van der Waals surface area contributed by atoms with Gasteiger partial charge in [0.25, 0.3) is 0 Å². The van der Waals surface area contributed by atoms with Crippen molar-refractivity contribution < 1.29 is 26.4 Å². The lowest BCUT2D eigenvalue weighted by Crippen LogP contribution is -2.33. The zero-order valence-corrected chi connectivity index (χ0v) is 13.5.